The van der Waals surface area contributed by atoms with Crippen LogP contribution in [0, 0.1) is 0 Å². The molecule has 1 aromatic carbocycles. The normalized spacial score (nSPS) is 10.7. The van der Waals surface area contributed by atoms with Crippen molar-refractivity contribution in [2.24, 2.45) is 0 Å². The van der Waals surface area contributed by atoms with Crippen LogP contribution in [0.1, 0.15) is 17.3 Å². The highest BCUT2D eigenvalue weighted by molar-refractivity contribution is 5.89. The van der Waals surface area contributed by atoms with Crippen molar-refractivity contribution in [3.63, 3.8) is 0 Å². The average molecular weight is 282 g/mol. The van der Waals surface area contributed by atoms with Gasteiger partial charge in [0.05, 0.1) is 24.1 Å². The molecule has 0 saturated carbocycles. The standard InChI is InChI=1S/C16H14N2O3/c1-2-21-14-6-4-3-5-12(14)13-10-17-15-9-11(16(19)20)7-8-18(13)15/h3-10H,2H2,1H3,(H,19,20). The fourth-order valence-electron chi connectivity index (χ4n) is 2.27. The van der Waals surface area contributed by atoms with E-state index < -0.39 is 5.97 Å². The van der Waals surface area contributed by atoms with Crippen LogP contribution in [0.25, 0.3) is 16.9 Å². The van der Waals surface area contributed by atoms with E-state index in [-0.39, 0.29) is 5.56 Å². The Morgan fingerprint density at radius 3 is 2.90 bits per heavy atom. The molecule has 0 amide bonds. The molecule has 0 spiro atoms. The van der Waals surface area contributed by atoms with Gasteiger partial charge in [0.15, 0.2) is 0 Å². The quantitative estimate of drug-likeness (QED) is 0.798. The second-order valence-corrected chi connectivity index (χ2v) is 4.52. The Balaban J connectivity index is 2.15. The van der Waals surface area contributed by atoms with Crippen molar-refractivity contribution in [1.82, 2.24) is 9.38 Å². The maximum Gasteiger partial charge on any atom is 0.335 e. The Morgan fingerprint density at radius 2 is 2.14 bits per heavy atom. The molecule has 0 saturated heterocycles. The summed E-state index contributed by atoms with van der Waals surface area (Å²) >= 11 is 0. The number of carboxylic acids is 1. The average Bonchev–Trinajstić information content (AvgIpc) is 2.91. The van der Waals surface area contributed by atoms with Gasteiger partial charge in [0, 0.05) is 11.8 Å². The molecule has 3 aromatic rings. The molecular formula is C16H14N2O3. The van der Waals surface area contributed by atoms with Gasteiger partial charge in [0.1, 0.15) is 11.4 Å². The van der Waals surface area contributed by atoms with Gasteiger partial charge in [-0.1, -0.05) is 12.1 Å². The number of fused-ring (bicyclic) bond motifs is 1. The zero-order valence-electron chi connectivity index (χ0n) is 11.5. The van der Waals surface area contributed by atoms with Crippen LogP contribution in [0.3, 0.4) is 0 Å². The van der Waals surface area contributed by atoms with Crippen LogP contribution in [0.5, 0.6) is 5.75 Å². The summed E-state index contributed by atoms with van der Waals surface area (Å²) in [6.07, 6.45) is 3.43. The molecule has 0 aliphatic rings. The van der Waals surface area contributed by atoms with E-state index in [2.05, 4.69) is 4.98 Å². The minimum Gasteiger partial charge on any atom is -0.493 e. The van der Waals surface area contributed by atoms with Crippen molar-refractivity contribution in [2.75, 3.05) is 6.61 Å². The summed E-state index contributed by atoms with van der Waals surface area (Å²) in [5.41, 5.74) is 2.61. The van der Waals surface area contributed by atoms with Crippen LogP contribution >= 0.6 is 0 Å². The summed E-state index contributed by atoms with van der Waals surface area (Å²) in [5.74, 6) is -0.180. The smallest absolute Gasteiger partial charge is 0.335 e. The van der Waals surface area contributed by atoms with Gasteiger partial charge < -0.3 is 9.84 Å². The number of imidazole rings is 1. The van der Waals surface area contributed by atoms with Crippen LogP contribution in [-0.4, -0.2) is 27.1 Å². The first-order valence-corrected chi connectivity index (χ1v) is 6.63. The summed E-state index contributed by atoms with van der Waals surface area (Å²) in [6, 6.07) is 10.8. The predicted octanol–water partition coefficient (Wildman–Crippen LogP) is 3.10. The van der Waals surface area contributed by atoms with Gasteiger partial charge in [0.25, 0.3) is 0 Å². The fourth-order valence-corrected chi connectivity index (χ4v) is 2.27. The number of ether oxygens (including phenoxy) is 1. The summed E-state index contributed by atoms with van der Waals surface area (Å²) in [6.45, 7) is 2.52. The van der Waals surface area contributed by atoms with Crippen LogP contribution in [0.15, 0.2) is 48.8 Å². The molecule has 0 atom stereocenters. The van der Waals surface area contributed by atoms with Gasteiger partial charge in [-0.05, 0) is 31.2 Å². The molecule has 5 nitrogen and oxygen atoms in total. The minimum atomic E-state index is -0.961. The Hall–Kier alpha value is -2.82. The van der Waals surface area contributed by atoms with E-state index in [1.54, 1.807) is 24.5 Å². The maximum absolute atomic E-state index is 11.0. The lowest BCUT2D eigenvalue weighted by atomic mass is 10.1. The zero-order chi connectivity index (χ0) is 14.8. The first-order chi connectivity index (χ1) is 10.2. The van der Waals surface area contributed by atoms with Gasteiger partial charge in [-0.2, -0.15) is 0 Å². The van der Waals surface area contributed by atoms with Gasteiger partial charge in [-0.25, -0.2) is 9.78 Å². The number of aromatic nitrogens is 2. The second-order valence-electron chi connectivity index (χ2n) is 4.52. The number of hydrogen-bond donors (Lipinski definition) is 1. The molecule has 0 bridgehead atoms. The molecule has 106 valence electrons. The number of nitrogens with zero attached hydrogens (tertiary/aromatic N) is 2. The fraction of sp³-hybridized carbons (Fsp3) is 0.125. The number of aromatic carboxylic acids is 1. The highest BCUT2D eigenvalue weighted by atomic mass is 16.5. The molecule has 2 aromatic heterocycles. The van der Waals surface area contributed by atoms with E-state index in [0.717, 1.165) is 17.0 Å². The van der Waals surface area contributed by atoms with Crippen molar-refractivity contribution >= 4 is 11.6 Å². The first kappa shape index (κ1) is 13.2. The monoisotopic (exact) mass is 282 g/mol. The Bertz CT molecular complexity index is 808. The second kappa shape index (κ2) is 5.28. The van der Waals surface area contributed by atoms with E-state index in [4.69, 9.17) is 9.84 Å². The molecule has 0 aliphatic heterocycles. The molecule has 5 heteroatoms. The van der Waals surface area contributed by atoms with E-state index in [0.29, 0.717) is 12.3 Å². The summed E-state index contributed by atoms with van der Waals surface area (Å²) in [5, 5.41) is 9.03. The van der Waals surface area contributed by atoms with Gasteiger partial charge in [-0.3, -0.25) is 4.40 Å². The number of pyridine rings is 1. The Kier molecular flexibility index (Phi) is 3.31. The van der Waals surface area contributed by atoms with Crippen molar-refractivity contribution in [3.05, 3.63) is 54.4 Å². The zero-order valence-corrected chi connectivity index (χ0v) is 11.5. The third kappa shape index (κ3) is 2.33. The first-order valence-electron chi connectivity index (χ1n) is 6.63. The minimum absolute atomic E-state index is 0.220. The number of carboxylic acid groups (broad SMARTS) is 1. The lowest BCUT2D eigenvalue weighted by molar-refractivity contribution is 0.0697. The van der Waals surface area contributed by atoms with E-state index >= 15 is 0 Å². The Morgan fingerprint density at radius 1 is 1.33 bits per heavy atom. The van der Waals surface area contributed by atoms with Crippen molar-refractivity contribution in [3.8, 4) is 17.0 Å². The molecular weight excluding hydrogens is 268 g/mol. The molecule has 2 heterocycles. The molecule has 0 aliphatic carbocycles. The molecule has 3 rings (SSSR count). The molecule has 21 heavy (non-hydrogen) atoms. The molecule has 0 unspecified atom stereocenters. The van der Waals surface area contributed by atoms with Crippen LogP contribution in [0.4, 0.5) is 0 Å². The van der Waals surface area contributed by atoms with Crippen LogP contribution in [-0.2, 0) is 0 Å². The third-order valence-electron chi connectivity index (χ3n) is 3.22. The highest BCUT2D eigenvalue weighted by Gasteiger charge is 2.12. The van der Waals surface area contributed by atoms with E-state index in [9.17, 15) is 4.79 Å². The van der Waals surface area contributed by atoms with E-state index in [1.807, 2.05) is 35.6 Å². The number of hydrogen-bond acceptors (Lipinski definition) is 3. The summed E-state index contributed by atoms with van der Waals surface area (Å²) in [7, 11) is 0. The summed E-state index contributed by atoms with van der Waals surface area (Å²) in [4.78, 5) is 15.3. The summed E-state index contributed by atoms with van der Waals surface area (Å²) < 4.78 is 7.49. The number of para-hydroxylation sites is 1. The van der Waals surface area contributed by atoms with Gasteiger partial charge in [-0.15, -0.1) is 0 Å². The topological polar surface area (TPSA) is 63.8 Å². The van der Waals surface area contributed by atoms with Crippen molar-refractivity contribution < 1.29 is 14.6 Å². The molecule has 0 fully saturated rings. The number of carbonyl (C=O) groups is 1. The third-order valence-corrected chi connectivity index (χ3v) is 3.22. The molecule has 1 N–H and O–H groups in total. The van der Waals surface area contributed by atoms with Crippen molar-refractivity contribution in [1.29, 1.82) is 0 Å². The largest absolute Gasteiger partial charge is 0.493 e. The van der Waals surface area contributed by atoms with Crippen LogP contribution < -0.4 is 4.74 Å². The van der Waals surface area contributed by atoms with E-state index in [1.165, 1.54) is 0 Å². The predicted molar refractivity (Wildman–Crippen MR) is 78.8 cm³/mol. The SMILES string of the molecule is CCOc1ccccc1-c1cnc2cc(C(=O)O)ccn12. The van der Waals surface area contributed by atoms with Crippen molar-refractivity contribution in [2.45, 2.75) is 6.92 Å². The van der Waals surface area contributed by atoms with Crippen LogP contribution in [0.2, 0.25) is 0 Å². The lowest BCUT2D eigenvalue weighted by Crippen LogP contribution is -1.99. The lowest BCUT2D eigenvalue weighted by Gasteiger charge is -2.09. The maximum atomic E-state index is 11.0. The highest BCUT2D eigenvalue weighted by Crippen LogP contribution is 2.30. The Labute approximate surface area is 121 Å². The number of rotatable bonds is 4. The van der Waals surface area contributed by atoms with Gasteiger partial charge in [0.2, 0.25) is 0 Å². The number of benzene rings is 1. The van der Waals surface area contributed by atoms with Gasteiger partial charge >= 0.3 is 5.97 Å². The molecule has 0 radical (unpaired) electrons.